The van der Waals surface area contributed by atoms with Gasteiger partial charge >= 0.3 is 0 Å². The topological polar surface area (TPSA) is 66.8 Å². The van der Waals surface area contributed by atoms with Crippen LogP contribution >= 0.6 is 11.3 Å². The van der Waals surface area contributed by atoms with Crippen LogP contribution in [0.4, 0.5) is 5.82 Å². The normalized spacial score (nSPS) is 15.8. The van der Waals surface area contributed by atoms with Crippen molar-refractivity contribution in [3.05, 3.63) is 41.1 Å². The minimum atomic E-state index is 0.515. The number of fused-ring (bicyclic) bond motifs is 1. The molecule has 0 aromatic carbocycles. The van der Waals surface area contributed by atoms with E-state index >= 15 is 0 Å². The molecule has 0 bridgehead atoms. The monoisotopic (exact) mass is 354 g/mol. The van der Waals surface area contributed by atoms with E-state index in [9.17, 15) is 0 Å². The van der Waals surface area contributed by atoms with Gasteiger partial charge in [0, 0.05) is 42.9 Å². The molecule has 130 valence electrons. The lowest BCUT2D eigenvalue weighted by Crippen LogP contribution is -2.42. The number of thiophene rings is 1. The molecule has 0 amide bonds. The maximum Gasteiger partial charge on any atom is 0.140 e. The van der Waals surface area contributed by atoms with Gasteiger partial charge in [-0.25, -0.2) is 9.97 Å². The summed E-state index contributed by atoms with van der Waals surface area (Å²) in [5.41, 5.74) is 1.95. The fraction of sp³-hybridized carbons (Fsp3) is 0.444. The van der Waals surface area contributed by atoms with E-state index in [1.165, 1.54) is 10.3 Å². The van der Waals surface area contributed by atoms with E-state index in [1.807, 2.05) is 19.3 Å². The van der Waals surface area contributed by atoms with Crippen molar-refractivity contribution in [2.24, 2.45) is 0 Å². The lowest BCUT2D eigenvalue weighted by molar-refractivity contribution is 0.411. The standard InChI is InChI=1S/C18H22N6S/c1-12-8-20-15(9-19-12)10-21-14-3-5-24(6-4-14)17-16-7-13(2)25-18(16)23-11-22-17/h7-9,11,14,21H,3-6,10H2,1-2H3. The lowest BCUT2D eigenvalue weighted by Gasteiger charge is -2.33. The minimum absolute atomic E-state index is 0.515. The summed E-state index contributed by atoms with van der Waals surface area (Å²) in [5.74, 6) is 1.08. The van der Waals surface area contributed by atoms with Crippen molar-refractivity contribution in [3.8, 4) is 0 Å². The lowest BCUT2D eigenvalue weighted by atomic mass is 10.0. The fourth-order valence-corrected chi connectivity index (χ4v) is 4.11. The van der Waals surface area contributed by atoms with Crippen LogP contribution in [0.25, 0.3) is 10.2 Å². The first-order chi connectivity index (χ1) is 12.2. The molecule has 1 aliphatic rings. The van der Waals surface area contributed by atoms with E-state index < -0.39 is 0 Å². The number of nitrogens with zero attached hydrogens (tertiary/aromatic N) is 5. The van der Waals surface area contributed by atoms with Gasteiger partial charge in [0.1, 0.15) is 17.0 Å². The van der Waals surface area contributed by atoms with Crippen molar-refractivity contribution in [1.82, 2.24) is 25.3 Å². The molecule has 25 heavy (non-hydrogen) atoms. The molecule has 4 heterocycles. The van der Waals surface area contributed by atoms with Crippen LogP contribution in [0.2, 0.25) is 0 Å². The summed E-state index contributed by atoms with van der Waals surface area (Å²) < 4.78 is 0. The van der Waals surface area contributed by atoms with Crippen LogP contribution in [0.15, 0.2) is 24.8 Å². The Morgan fingerprint density at radius 1 is 1.12 bits per heavy atom. The number of hydrogen-bond donors (Lipinski definition) is 1. The Kier molecular flexibility index (Phi) is 4.59. The minimum Gasteiger partial charge on any atom is -0.356 e. The molecule has 0 spiro atoms. The number of anilines is 1. The molecule has 3 aromatic rings. The van der Waals surface area contributed by atoms with E-state index in [-0.39, 0.29) is 0 Å². The number of aromatic nitrogens is 4. The van der Waals surface area contributed by atoms with Crippen molar-refractivity contribution in [1.29, 1.82) is 0 Å². The smallest absolute Gasteiger partial charge is 0.140 e. The van der Waals surface area contributed by atoms with Gasteiger partial charge in [-0.1, -0.05) is 0 Å². The van der Waals surface area contributed by atoms with E-state index in [0.29, 0.717) is 6.04 Å². The molecule has 1 N–H and O–H groups in total. The molecule has 1 fully saturated rings. The van der Waals surface area contributed by atoms with Crippen molar-refractivity contribution in [3.63, 3.8) is 0 Å². The zero-order valence-corrected chi connectivity index (χ0v) is 15.4. The Morgan fingerprint density at radius 2 is 1.96 bits per heavy atom. The first-order valence-electron chi connectivity index (χ1n) is 8.66. The van der Waals surface area contributed by atoms with E-state index in [0.717, 1.165) is 54.5 Å². The third-order valence-corrected chi connectivity index (χ3v) is 5.59. The zero-order chi connectivity index (χ0) is 17.2. The Bertz CT molecular complexity index is 852. The second-order valence-electron chi connectivity index (χ2n) is 6.56. The number of nitrogens with one attached hydrogen (secondary N) is 1. The van der Waals surface area contributed by atoms with Crippen LogP contribution in [-0.4, -0.2) is 39.1 Å². The van der Waals surface area contributed by atoms with Gasteiger partial charge in [-0.05, 0) is 32.8 Å². The van der Waals surface area contributed by atoms with Crippen LogP contribution in [0, 0.1) is 13.8 Å². The average Bonchev–Trinajstić information content (AvgIpc) is 3.02. The molecule has 1 aliphatic heterocycles. The summed E-state index contributed by atoms with van der Waals surface area (Å²) in [4.78, 5) is 22.4. The molecule has 0 radical (unpaired) electrons. The predicted octanol–water partition coefficient (Wildman–Crippen LogP) is 2.86. The van der Waals surface area contributed by atoms with Crippen molar-refractivity contribution in [2.45, 2.75) is 39.3 Å². The van der Waals surface area contributed by atoms with Crippen LogP contribution < -0.4 is 10.2 Å². The molecule has 3 aromatic heterocycles. The van der Waals surface area contributed by atoms with Crippen molar-refractivity contribution < 1.29 is 0 Å². The SMILES string of the molecule is Cc1cnc(CNC2CCN(c3ncnc4sc(C)cc34)CC2)cn1. The Balaban J connectivity index is 1.37. The number of aryl methyl sites for hydroxylation is 2. The zero-order valence-electron chi connectivity index (χ0n) is 14.6. The Hall–Kier alpha value is -2.12. The van der Waals surface area contributed by atoms with E-state index in [4.69, 9.17) is 0 Å². The van der Waals surface area contributed by atoms with Crippen LogP contribution in [-0.2, 0) is 6.54 Å². The summed E-state index contributed by atoms with van der Waals surface area (Å²) in [7, 11) is 0. The van der Waals surface area contributed by atoms with Gasteiger partial charge in [0.25, 0.3) is 0 Å². The first-order valence-corrected chi connectivity index (χ1v) is 9.48. The van der Waals surface area contributed by atoms with Crippen LogP contribution in [0.3, 0.4) is 0 Å². The molecule has 7 heteroatoms. The third kappa shape index (κ3) is 3.62. The molecule has 0 saturated carbocycles. The average molecular weight is 354 g/mol. The van der Waals surface area contributed by atoms with Crippen molar-refractivity contribution >= 4 is 27.4 Å². The predicted molar refractivity (Wildman–Crippen MR) is 101 cm³/mol. The van der Waals surface area contributed by atoms with Gasteiger partial charge in [0.15, 0.2) is 0 Å². The second-order valence-corrected chi connectivity index (χ2v) is 7.80. The summed E-state index contributed by atoms with van der Waals surface area (Å²) in [6.07, 6.45) is 7.58. The van der Waals surface area contributed by atoms with Gasteiger partial charge in [0.2, 0.25) is 0 Å². The molecular weight excluding hydrogens is 332 g/mol. The molecule has 0 aliphatic carbocycles. The molecule has 0 unspecified atom stereocenters. The summed E-state index contributed by atoms with van der Waals surface area (Å²) in [6.45, 7) is 6.88. The first kappa shape index (κ1) is 16.4. The van der Waals surface area contributed by atoms with Crippen LogP contribution in [0.5, 0.6) is 0 Å². The maximum absolute atomic E-state index is 4.55. The summed E-state index contributed by atoms with van der Waals surface area (Å²) >= 11 is 1.73. The number of hydrogen-bond acceptors (Lipinski definition) is 7. The van der Waals surface area contributed by atoms with Gasteiger partial charge in [0.05, 0.1) is 16.8 Å². The van der Waals surface area contributed by atoms with Gasteiger partial charge in [-0.3, -0.25) is 9.97 Å². The van der Waals surface area contributed by atoms with Gasteiger partial charge in [-0.15, -0.1) is 11.3 Å². The quantitative estimate of drug-likeness (QED) is 0.777. The van der Waals surface area contributed by atoms with Crippen molar-refractivity contribution in [2.75, 3.05) is 18.0 Å². The fourth-order valence-electron chi connectivity index (χ4n) is 3.27. The molecule has 1 saturated heterocycles. The highest BCUT2D eigenvalue weighted by atomic mass is 32.1. The molecular formula is C18H22N6S. The Morgan fingerprint density at radius 3 is 2.72 bits per heavy atom. The van der Waals surface area contributed by atoms with Gasteiger partial charge < -0.3 is 10.2 Å². The second kappa shape index (κ2) is 7.01. The molecule has 6 nitrogen and oxygen atoms in total. The summed E-state index contributed by atoms with van der Waals surface area (Å²) in [5, 5.41) is 4.80. The Labute approximate surface area is 151 Å². The highest BCUT2D eigenvalue weighted by Gasteiger charge is 2.22. The van der Waals surface area contributed by atoms with E-state index in [1.54, 1.807) is 17.7 Å². The molecule has 4 rings (SSSR count). The van der Waals surface area contributed by atoms with Gasteiger partial charge in [-0.2, -0.15) is 0 Å². The highest BCUT2D eigenvalue weighted by Crippen LogP contribution is 2.31. The largest absolute Gasteiger partial charge is 0.356 e. The van der Waals surface area contributed by atoms with Crippen LogP contribution in [0.1, 0.15) is 29.1 Å². The maximum atomic E-state index is 4.55. The third-order valence-electron chi connectivity index (χ3n) is 4.63. The summed E-state index contributed by atoms with van der Waals surface area (Å²) in [6, 6.07) is 2.72. The number of piperidine rings is 1. The number of rotatable bonds is 4. The highest BCUT2D eigenvalue weighted by molar-refractivity contribution is 7.18. The molecule has 0 atom stereocenters. The van der Waals surface area contributed by atoms with E-state index in [2.05, 4.69) is 43.1 Å².